The number of rotatable bonds is 2. The summed E-state index contributed by atoms with van der Waals surface area (Å²) in [6.07, 6.45) is 0. The molecule has 9 heteroatoms. The fourth-order valence-corrected chi connectivity index (χ4v) is 2.81. The van der Waals surface area contributed by atoms with Crippen LogP contribution in [0.2, 0.25) is 0 Å². The van der Waals surface area contributed by atoms with Crippen LogP contribution in [0.4, 0.5) is 0 Å². The summed E-state index contributed by atoms with van der Waals surface area (Å²) < 4.78 is 0. The van der Waals surface area contributed by atoms with Crippen LogP contribution >= 0.6 is 11.8 Å². The van der Waals surface area contributed by atoms with Gasteiger partial charge in [0.2, 0.25) is 5.91 Å². The summed E-state index contributed by atoms with van der Waals surface area (Å²) >= 11 is 0.848. The van der Waals surface area contributed by atoms with Gasteiger partial charge in [-0.2, -0.15) is 0 Å². The Hall–Kier alpha value is 0.760. The standard InChI is InChI=1S/C8H11NO5S.2Na/c1-4(10)9-5(6(11)12)3-15-8(9,2)7(13)14;;/h5H,3H2,1-2H3,(H,11,12)(H,13,14);;/q;2*+1/p-2. The minimum atomic E-state index is -1.63. The molecule has 1 aliphatic heterocycles. The second-order valence-electron chi connectivity index (χ2n) is 3.31. The van der Waals surface area contributed by atoms with Crippen LogP contribution in [0.3, 0.4) is 0 Å². The van der Waals surface area contributed by atoms with E-state index in [1.165, 1.54) is 6.92 Å². The molecule has 0 aromatic rings. The zero-order valence-electron chi connectivity index (χ0n) is 10.2. The van der Waals surface area contributed by atoms with E-state index in [9.17, 15) is 24.6 Å². The van der Waals surface area contributed by atoms with Crippen molar-refractivity contribution in [3.63, 3.8) is 0 Å². The number of amides is 1. The van der Waals surface area contributed by atoms with E-state index in [2.05, 4.69) is 0 Å². The van der Waals surface area contributed by atoms with Gasteiger partial charge >= 0.3 is 59.1 Å². The Kier molecular flexibility index (Phi) is 8.71. The van der Waals surface area contributed by atoms with Crippen molar-refractivity contribution >= 4 is 29.6 Å². The van der Waals surface area contributed by atoms with Crippen molar-refractivity contribution in [3.8, 4) is 0 Å². The number of hydrogen-bond acceptors (Lipinski definition) is 6. The molecule has 0 N–H and O–H groups in total. The normalized spacial score (nSPS) is 26.7. The van der Waals surface area contributed by atoms with E-state index in [0.29, 0.717) is 0 Å². The summed E-state index contributed by atoms with van der Waals surface area (Å²) in [6.45, 7) is 2.36. The average Bonchev–Trinajstić information content (AvgIpc) is 2.44. The van der Waals surface area contributed by atoms with Crippen LogP contribution < -0.4 is 69.3 Å². The van der Waals surface area contributed by atoms with Crippen LogP contribution in [-0.2, 0) is 14.4 Å². The number of nitrogens with zero attached hydrogens (tertiary/aromatic N) is 1. The van der Waals surface area contributed by atoms with Crippen molar-refractivity contribution in [1.82, 2.24) is 4.90 Å². The van der Waals surface area contributed by atoms with E-state index in [0.717, 1.165) is 23.6 Å². The van der Waals surface area contributed by atoms with Gasteiger partial charge in [-0.25, -0.2) is 0 Å². The van der Waals surface area contributed by atoms with Gasteiger partial charge in [-0.15, -0.1) is 11.8 Å². The molecule has 17 heavy (non-hydrogen) atoms. The molecule has 1 heterocycles. The molecule has 6 nitrogen and oxygen atoms in total. The number of carbonyl (C=O) groups excluding carboxylic acids is 3. The molecule has 1 rings (SSSR count). The first-order valence-corrected chi connectivity index (χ1v) is 5.15. The van der Waals surface area contributed by atoms with Gasteiger partial charge in [-0.05, 0) is 6.92 Å². The number of carboxylic acids is 2. The zero-order chi connectivity index (χ0) is 11.8. The number of thioether (sulfide) groups is 1. The molecule has 1 aliphatic rings. The molecule has 2 atom stereocenters. The van der Waals surface area contributed by atoms with Crippen molar-refractivity contribution in [2.24, 2.45) is 0 Å². The van der Waals surface area contributed by atoms with Gasteiger partial charge in [0.1, 0.15) is 4.87 Å². The monoisotopic (exact) mass is 277 g/mol. The smallest absolute Gasteiger partial charge is 0.548 e. The Bertz CT molecular complexity index is 340. The fourth-order valence-electron chi connectivity index (χ4n) is 1.53. The summed E-state index contributed by atoms with van der Waals surface area (Å²) in [4.78, 5) is 31.9. The molecule has 0 radical (unpaired) electrons. The summed E-state index contributed by atoms with van der Waals surface area (Å²) in [5.41, 5.74) is 0. The molecule has 2 unspecified atom stereocenters. The summed E-state index contributed by atoms with van der Waals surface area (Å²) in [6, 6.07) is -1.21. The maximum Gasteiger partial charge on any atom is 1.00 e. The van der Waals surface area contributed by atoms with Gasteiger partial charge in [0.05, 0.1) is 18.0 Å². The largest absolute Gasteiger partial charge is 1.00 e. The summed E-state index contributed by atoms with van der Waals surface area (Å²) in [5, 5.41) is 21.6. The van der Waals surface area contributed by atoms with E-state index < -0.39 is 28.8 Å². The van der Waals surface area contributed by atoms with Crippen LogP contribution in [-0.4, -0.2) is 39.4 Å². The van der Waals surface area contributed by atoms with Crippen molar-refractivity contribution in [1.29, 1.82) is 0 Å². The Morgan fingerprint density at radius 2 is 1.76 bits per heavy atom. The molecule has 1 fully saturated rings. The van der Waals surface area contributed by atoms with Gasteiger partial charge in [0.25, 0.3) is 0 Å². The van der Waals surface area contributed by atoms with Crippen LogP contribution in [0.15, 0.2) is 0 Å². The third-order valence-corrected chi connectivity index (χ3v) is 3.69. The number of aliphatic carboxylic acids is 2. The van der Waals surface area contributed by atoms with E-state index >= 15 is 0 Å². The molecule has 1 amide bonds. The second-order valence-corrected chi connectivity index (χ2v) is 4.72. The zero-order valence-corrected chi connectivity index (χ0v) is 15.0. The van der Waals surface area contributed by atoms with Crippen LogP contribution in [0, 0.1) is 0 Å². The van der Waals surface area contributed by atoms with E-state index in [1.807, 2.05) is 0 Å². The first-order valence-electron chi connectivity index (χ1n) is 4.17. The Balaban J connectivity index is 0. The Morgan fingerprint density at radius 1 is 1.29 bits per heavy atom. The average molecular weight is 277 g/mol. The molecule has 0 saturated carbocycles. The molecular formula is C8H9NNa2O5S. The SMILES string of the molecule is CC(=O)N1C(C(=O)[O-])CSC1(C)C(=O)[O-].[Na+].[Na+]. The third-order valence-electron chi connectivity index (χ3n) is 2.28. The molecular weight excluding hydrogens is 268 g/mol. The predicted octanol–water partition coefficient (Wildman–Crippen LogP) is -8.83. The van der Waals surface area contributed by atoms with Gasteiger partial charge in [-0.1, -0.05) is 0 Å². The first kappa shape index (κ1) is 20.1. The molecule has 0 spiro atoms. The van der Waals surface area contributed by atoms with Gasteiger partial charge in [-0.3, -0.25) is 4.79 Å². The maximum atomic E-state index is 11.2. The molecule has 84 valence electrons. The van der Waals surface area contributed by atoms with E-state index in [-0.39, 0.29) is 64.9 Å². The van der Waals surface area contributed by atoms with E-state index in [4.69, 9.17) is 0 Å². The number of carboxylic acid groups (broad SMARTS) is 2. The molecule has 0 bridgehead atoms. The fraction of sp³-hybridized carbons (Fsp3) is 0.625. The summed E-state index contributed by atoms with van der Waals surface area (Å²) in [5.74, 6) is -3.57. The van der Waals surface area contributed by atoms with E-state index in [1.54, 1.807) is 0 Å². The van der Waals surface area contributed by atoms with Gasteiger partial charge < -0.3 is 24.7 Å². The minimum absolute atomic E-state index is 0. The Morgan fingerprint density at radius 3 is 2.06 bits per heavy atom. The Labute approximate surface area is 147 Å². The van der Waals surface area contributed by atoms with Crippen molar-refractivity contribution in [3.05, 3.63) is 0 Å². The van der Waals surface area contributed by atoms with Crippen LogP contribution in [0.5, 0.6) is 0 Å². The first-order chi connectivity index (χ1) is 6.80. The molecule has 0 aromatic carbocycles. The van der Waals surface area contributed by atoms with Crippen molar-refractivity contribution in [2.45, 2.75) is 24.8 Å². The summed E-state index contributed by atoms with van der Waals surface area (Å²) in [7, 11) is 0. The minimum Gasteiger partial charge on any atom is -0.548 e. The molecule has 1 saturated heterocycles. The maximum absolute atomic E-state index is 11.2. The van der Waals surface area contributed by atoms with Gasteiger partial charge in [0.15, 0.2) is 0 Å². The van der Waals surface area contributed by atoms with Gasteiger partial charge in [0, 0.05) is 12.7 Å². The molecule has 0 aromatic heterocycles. The third kappa shape index (κ3) is 3.86. The topological polar surface area (TPSA) is 101 Å². The second kappa shape index (κ2) is 7.37. The molecule has 0 aliphatic carbocycles. The number of carbonyl (C=O) groups is 3. The predicted molar refractivity (Wildman–Crippen MR) is 47.2 cm³/mol. The van der Waals surface area contributed by atoms with Crippen LogP contribution in [0.25, 0.3) is 0 Å². The van der Waals surface area contributed by atoms with Crippen LogP contribution in [0.1, 0.15) is 13.8 Å². The number of hydrogen-bond donors (Lipinski definition) is 0. The quantitative estimate of drug-likeness (QED) is 0.465. The van der Waals surface area contributed by atoms with Crippen molar-refractivity contribution in [2.75, 3.05) is 5.75 Å². The van der Waals surface area contributed by atoms with Crippen molar-refractivity contribution < 1.29 is 83.7 Å².